The van der Waals surface area contributed by atoms with Crippen molar-refractivity contribution in [1.82, 2.24) is 25.2 Å². The Bertz CT molecular complexity index is 1060. The second kappa shape index (κ2) is 9.37. The molecular weight excluding hydrogens is 418 g/mol. The summed E-state index contributed by atoms with van der Waals surface area (Å²) in [6.07, 6.45) is 4.09. The summed E-state index contributed by atoms with van der Waals surface area (Å²) in [4.78, 5) is 11.2. The first-order valence-corrected chi connectivity index (χ1v) is 10.4. The smallest absolute Gasteiger partial charge is 0.270 e. The zero-order chi connectivity index (χ0) is 22.6. The van der Waals surface area contributed by atoms with Crippen LogP contribution in [0.5, 0.6) is 5.88 Å². The first kappa shape index (κ1) is 21.8. The molecule has 10 heteroatoms. The minimum atomic E-state index is -2.86. The first-order valence-electron chi connectivity index (χ1n) is 10.4. The third-order valence-electron chi connectivity index (χ3n) is 5.01. The van der Waals surface area contributed by atoms with Crippen LogP contribution in [-0.2, 0) is 30.5 Å². The van der Waals surface area contributed by atoms with Gasteiger partial charge in [0.15, 0.2) is 6.61 Å². The Kier molecular flexibility index (Phi) is 6.38. The fourth-order valence-electron chi connectivity index (χ4n) is 2.91. The van der Waals surface area contributed by atoms with Gasteiger partial charge in [0.05, 0.1) is 12.3 Å². The Labute approximate surface area is 184 Å². The van der Waals surface area contributed by atoms with Gasteiger partial charge in [0.25, 0.3) is 5.92 Å². The van der Waals surface area contributed by atoms with Gasteiger partial charge >= 0.3 is 0 Å². The highest BCUT2D eigenvalue weighted by Crippen LogP contribution is 2.30. The molecule has 1 aliphatic carbocycles. The van der Waals surface area contributed by atoms with Gasteiger partial charge in [-0.3, -0.25) is 0 Å². The van der Waals surface area contributed by atoms with E-state index < -0.39 is 5.92 Å². The third-order valence-corrected chi connectivity index (χ3v) is 5.01. The lowest BCUT2D eigenvalue weighted by Crippen LogP contribution is -2.06. The van der Waals surface area contributed by atoms with E-state index in [0.717, 1.165) is 24.6 Å². The van der Waals surface area contributed by atoms with Crippen LogP contribution in [0.2, 0.25) is 0 Å². The summed E-state index contributed by atoms with van der Waals surface area (Å²) >= 11 is 0. The Morgan fingerprint density at radius 2 is 1.94 bits per heavy atom. The molecule has 8 nitrogen and oxygen atoms in total. The van der Waals surface area contributed by atoms with Gasteiger partial charge in [0.1, 0.15) is 6.61 Å². The van der Waals surface area contributed by atoms with Crippen molar-refractivity contribution in [2.24, 2.45) is 11.1 Å². The average Bonchev–Trinajstić information content (AvgIpc) is 3.48. The highest BCUT2D eigenvalue weighted by Gasteiger charge is 2.24. The lowest BCUT2D eigenvalue weighted by atomic mass is 10.1. The number of aromatic nitrogens is 5. The number of alkyl halides is 2. The summed E-state index contributed by atoms with van der Waals surface area (Å²) < 4.78 is 32.1. The summed E-state index contributed by atoms with van der Waals surface area (Å²) in [5, 5.41) is 16.4. The van der Waals surface area contributed by atoms with Crippen molar-refractivity contribution in [3.8, 4) is 5.88 Å². The van der Waals surface area contributed by atoms with Gasteiger partial charge in [-0.25, -0.2) is 13.8 Å². The number of tetrazole rings is 1. The van der Waals surface area contributed by atoms with Gasteiger partial charge in [-0.2, -0.15) is 4.80 Å². The van der Waals surface area contributed by atoms with Gasteiger partial charge in [-0.1, -0.05) is 29.4 Å². The summed E-state index contributed by atoms with van der Waals surface area (Å²) in [7, 11) is 0. The number of benzene rings is 1. The van der Waals surface area contributed by atoms with E-state index >= 15 is 0 Å². The molecule has 0 unspecified atom stereocenters. The maximum atomic E-state index is 13.3. The van der Waals surface area contributed by atoms with E-state index in [1.54, 1.807) is 36.1 Å². The fourth-order valence-corrected chi connectivity index (χ4v) is 2.91. The normalized spacial score (nSPS) is 14.4. The highest BCUT2D eigenvalue weighted by atomic mass is 19.3. The number of oxime groups is 1. The number of rotatable bonds is 10. The SMILES string of the molecule is C/C(=N\OCc1ccc(C(C)(F)F)cc1)c1ccc(OCc2nnn(CC3CC3)n2)nc1. The predicted octanol–water partition coefficient (Wildman–Crippen LogP) is 4.11. The molecule has 0 amide bonds. The van der Waals surface area contributed by atoms with Crippen LogP contribution < -0.4 is 4.74 Å². The molecule has 0 spiro atoms. The highest BCUT2D eigenvalue weighted by molar-refractivity contribution is 5.98. The molecule has 0 aliphatic heterocycles. The minimum Gasteiger partial charge on any atom is -0.469 e. The van der Waals surface area contributed by atoms with Crippen molar-refractivity contribution in [3.63, 3.8) is 0 Å². The molecule has 0 saturated heterocycles. The van der Waals surface area contributed by atoms with Gasteiger partial charge in [-0.15, -0.1) is 10.2 Å². The van der Waals surface area contributed by atoms with Crippen molar-refractivity contribution in [2.45, 2.75) is 52.4 Å². The van der Waals surface area contributed by atoms with Crippen molar-refractivity contribution < 1.29 is 18.4 Å². The zero-order valence-electron chi connectivity index (χ0n) is 17.9. The maximum Gasteiger partial charge on any atom is 0.270 e. The Morgan fingerprint density at radius 3 is 2.59 bits per heavy atom. The van der Waals surface area contributed by atoms with E-state index in [9.17, 15) is 8.78 Å². The molecule has 1 fully saturated rings. The number of hydrogen-bond donors (Lipinski definition) is 0. The van der Waals surface area contributed by atoms with E-state index in [1.807, 2.05) is 6.07 Å². The molecule has 32 heavy (non-hydrogen) atoms. The molecule has 168 valence electrons. The summed E-state index contributed by atoms with van der Waals surface area (Å²) in [5.41, 5.74) is 2.12. The first-order chi connectivity index (χ1) is 15.4. The minimum absolute atomic E-state index is 0.0343. The Morgan fingerprint density at radius 1 is 1.16 bits per heavy atom. The van der Waals surface area contributed by atoms with Crippen LogP contribution in [0.3, 0.4) is 0 Å². The molecule has 4 rings (SSSR count). The lowest BCUT2D eigenvalue weighted by Gasteiger charge is -2.10. The molecule has 0 bridgehead atoms. The fraction of sp³-hybridized carbons (Fsp3) is 0.409. The van der Waals surface area contributed by atoms with Crippen molar-refractivity contribution in [2.75, 3.05) is 0 Å². The van der Waals surface area contributed by atoms with Gasteiger partial charge < -0.3 is 9.57 Å². The number of hydrogen-bond acceptors (Lipinski definition) is 7. The van der Waals surface area contributed by atoms with Crippen LogP contribution in [0, 0.1) is 5.92 Å². The summed E-state index contributed by atoms with van der Waals surface area (Å²) in [6, 6.07) is 9.53. The summed E-state index contributed by atoms with van der Waals surface area (Å²) in [5.74, 6) is -1.23. The van der Waals surface area contributed by atoms with E-state index in [0.29, 0.717) is 23.3 Å². The molecule has 2 heterocycles. The van der Waals surface area contributed by atoms with Crippen LogP contribution in [0.1, 0.15) is 49.2 Å². The van der Waals surface area contributed by atoms with E-state index in [1.165, 1.54) is 25.0 Å². The standard InChI is InChI=1S/C22H24F2N6O2/c1-15(28-32-13-17-5-8-19(9-6-17)22(2,23)24)18-7-10-21(25-11-18)31-14-20-26-29-30(27-20)12-16-3-4-16/h5-11,16H,3-4,12-14H2,1-2H3/b28-15+. The van der Waals surface area contributed by atoms with Crippen LogP contribution in [-0.4, -0.2) is 30.9 Å². The molecule has 3 aromatic rings. The lowest BCUT2D eigenvalue weighted by molar-refractivity contribution is 0.0174. The molecule has 1 aromatic carbocycles. The van der Waals surface area contributed by atoms with Crippen molar-refractivity contribution in [1.29, 1.82) is 0 Å². The topological polar surface area (TPSA) is 87.3 Å². The predicted molar refractivity (Wildman–Crippen MR) is 112 cm³/mol. The second-order valence-corrected chi connectivity index (χ2v) is 7.91. The van der Waals surface area contributed by atoms with Crippen LogP contribution in [0.4, 0.5) is 8.78 Å². The molecular formula is C22H24F2N6O2. The van der Waals surface area contributed by atoms with E-state index in [-0.39, 0.29) is 18.8 Å². The monoisotopic (exact) mass is 442 g/mol. The van der Waals surface area contributed by atoms with Gasteiger partial charge in [0, 0.05) is 30.3 Å². The maximum absolute atomic E-state index is 13.3. The van der Waals surface area contributed by atoms with Crippen LogP contribution in [0.15, 0.2) is 47.8 Å². The van der Waals surface area contributed by atoms with Crippen molar-refractivity contribution >= 4 is 5.71 Å². The van der Waals surface area contributed by atoms with Gasteiger partial charge in [-0.05, 0) is 42.5 Å². The number of halogens is 2. The number of nitrogens with zero attached hydrogens (tertiary/aromatic N) is 6. The molecule has 2 aromatic heterocycles. The molecule has 0 atom stereocenters. The molecule has 0 N–H and O–H groups in total. The molecule has 0 radical (unpaired) electrons. The molecule has 1 aliphatic rings. The second-order valence-electron chi connectivity index (χ2n) is 7.91. The van der Waals surface area contributed by atoms with Crippen LogP contribution in [0.25, 0.3) is 0 Å². The number of pyridine rings is 1. The zero-order valence-corrected chi connectivity index (χ0v) is 17.9. The third kappa shape index (κ3) is 6.05. The largest absolute Gasteiger partial charge is 0.469 e. The summed E-state index contributed by atoms with van der Waals surface area (Å²) in [6.45, 7) is 3.83. The Balaban J connectivity index is 1.25. The van der Waals surface area contributed by atoms with Crippen molar-refractivity contribution in [3.05, 3.63) is 65.1 Å². The molecule has 1 saturated carbocycles. The Hall–Kier alpha value is -3.43. The quantitative estimate of drug-likeness (QED) is 0.347. The van der Waals surface area contributed by atoms with E-state index in [2.05, 4.69) is 25.6 Å². The van der Waals surface area contributed by atoms with E-state index in [4.69, 9.17) is 9.57 Å². The number of ether oxygens (including phenoxy) is 1. The van der Waals surface area contributed by atoms with Gasteiger partial charge in [0.2, 0.25) is 11.7 Å². The van der Waals surface area contributed by atoms with Crippen LogP contribution >= 0.6 is 0 Å². The average molecular weight is 442 g/mol.